The van der Waals surface area contributed by atoms with E-state index in [4.69, 9.17) is 11.6 Å². The summed E-state index contributed by atoms with van der Waals surface area (Å²) >= 11 is 9.59. The van der Waals surface area contributed by atoms with Crippen LogP contribution in [0, 0.1) is 5.92 Å². The van der Waals surface area contributed by atoms with E-state index in [1.165, 1.54) is 37.2 Å². The van der Waals surface area contributed by atoms with E-state index in [0.717, 1.165) is 16.9 Å². The summed E-state index contributed by atoms with van der Waals surface area (Å²) in [6.07, 6.45) is 2.59. The zero-order valence-corrected chi connectivity index (χ0v) is 14.0. The number of hydrogen-bond acceptors (Lipinski definition) is 2. The molecule has 1 aliphatic heterocycles. The zero-order chi connectivity index (χ0) is 13.8. The number of nitrogens with zero attached hydrogens (tertiary/aromatic N) is 2. The van der Waals surface area contributed by atoms with Crippen LogP contribution in [0.2, 0.25) is 0 Å². The summed E-state index contributed by atoms with van der Waals surface area (Å²) in [5.41, 5.74) is 2.46. The van der Waals surface area contributed by atoms with Crippen molar-refractivity contribution in [2.24, 2.45) is 5.92 Å². The number of anilines is 1. The predicted molar refractivity (Wildman–Crippen MR) is 87.2 cm³/mol. The lowest BCUT2D eigenvalue weighted by molar-refractivity contribution is 0.222. The number of hydrogen-bond donors (Lipinski definition) is 0. The third-order valence-electron chi connectivity index (χ3n) is 3.97. The molecule has 0 amide bonds. The van der Waals surface area contributed by atoms with E-state index in [0.29, 0.717) is 5.88 Å². The third kappa shape index (κ3) is 4.11. The van der Waals surface area contributed by atoms with Crippen LogP contribution in [0.25, 0.3) is 0 Å². The number of rotatable bonds is 4. The van der Waals surface area contributed by atoms with Gasteiger partial charge in [-0.2, -0.15) is 0 Å². The minimum absolute atomic E-state index is 0.570. The van der Waals surface area contributed by atoms with Gasteiger partial charge in [0.25, 0.3) is 0 Å². The largest absolute Gasteiger partial charge is 0.374 e. The van der Waals surface area contributed by atoms with E-state index >= 15 is 0 Å². The Morgan fingerprint density at radius 1 is 1.37 bits per heavy atom. The van der Waals surface area contributed by atoms with Crippen molar-refractivity contribution in [3.8, 4) is 0 Å². The second-order valence-electron chi connectivity index (χ2n) is 5.53. The van der Waals surface area contributed by atoms with Gasteiger partial charge in [-0.3, -0.25) is 0 Å². The predicted octanol–water partition coefficient (Wildman–Crippen LogP) is 3.97. The molecule has 0 aliphatic carbocycles. The molecule has 2 nitrogen and oxygen atoms in total. The van der Waals surface area contributed by atoms with E-state index in [-0.39, 0.29) is 0 Å². The first-order valence-corrected chi connectivity index (χ1v) is 8.17. The molecule has 1 aromatic carbocycles. The monoisotopic (exact) mass is 344 g/mol. The summed E-state index contributed by atoms with van der Waals surface area (Å²) < 4.78 is 1.12. The molecule has 0 atom stereocenters. The van der Waals surface area contributed by atoms with E-state index in [2.05, 4.69) is 58.0 Å². The molecule has 2 rings (SSSR count). The van der Waals surface area contributed by atoms with Crippen molar-refractivity contribution in [3.05, 3.63) is 28.2 Å². The average molecular weight is 346 g/mol. The first-order chi connectivity index (χ1) is 9.10. The first-order valence-electron chi connectivity index (χ1n) is 6.84. The molecule has 1 heterocycles. The van der Waals surface area contributed by atoms with Gasteiger partial charge in [0.1, 0.15) is 0 Å². The second kappa shape index (κ2) is 6.96. The van der Waals surface area contributed by atoms with Crippen LogP contribution in [0.5, 0.6) is 0 Å². The van der Waals surface area contributed by atoms with Crippen molar-refractivity contribution in [1.82, 2.24) is 4.90 Å². The molecule has 1 fully saturated rings. The first kappa shape index (κ1) is 15.1. The lowest BCUT2D eigenvalue weighted by atomic mass is 9.96. The third-order valence-corrected chi connectivity index (χ3v) is 4.75. The number of halogens is 2. The number of benzene rings is 1. The minimum Gasteiger partial charge on any atom is -0.374 e. The molecule has 1 aliphatic rings. The topological polar surface area (TPSA) is 6.48 Å². The summed E-state index contributed by atoms with van der Waals surface area (Å²) in [4.78, 5) is 4.78. The van der Waals surface area contributed by atoms with Crippen LogP contribution in [0.4, 0.5) is 5.69 Å². The Hall–Kier alpha value is -0.250. The Kier molecular flexibility index (Phi) is 5.55. The zero-order valence-electron chi connectivity index (χ0n) is 11.7. The molecule has 0 radical (unpaired) electrons. The standard InChI is InChI=1S/C15H22BrClN2/c1-18-7-5-12(6-8-18)11-19(2)15-9-14(16)4-3-13(15)10-17/h3-4,9,12H,5-8,10-11H2,1-2H3. The Balaban J connectivity index is 2.03. The van der Waals surface area contributed by atoms with Gasteiger partial charge in [-0.1, -0.05) is 22.0 Å². The molecule has 1 aromatic rings. The van der Waals surface area contributed by atoms with Crippen LogP contribution >= 0.6 is 27.5 Å². The van der Waals surface area contributed by atoms with Gasteiger partial charge in [0.05, 0.1) is 0 Å². The van der Waals surface area contributed by atoms with Gasteiger partial charge in [-0.25, -0.2) is 0 Å². The molecule has 0 aromatic heterocycles. The van der Waals surface area contributed by atoms with Crippen molar-refractivity contribution in [2.45, 2.75) is 18.7 Å². The number of likely N-dealkylation sites (tertiary alicyclic amines) is 1. The average Bonchev–Trinajstić information content (AvgIpc) is 2.41. The maximum absolute atomic E-state index is 6.04. The van der Waals surface area contributed by atoms with Gasteiger partial charge in [0.2, 0.25) is 0 Å². The molecule has 0 N–H and O–H groups in total. The fourth-order valence-electron chi connectivity index (χ4n) is 2.74. The SMILES string of the molecule is CN1CCC(CN(C)c2cc(Br)ccc2CCl)CC1. The molecule has 19 heavy (non-hydrogen) atoms. The van der Waals surface area contributed by atoms with Crippen molar-refractivity contribution in [2.75, 3.05) is 38.6 Å². The second-order valence-corrected chi connectivity index (χ2v) is 6.72. The molecule has 0 unspecified atom stereocenters. The fraction of sp³-hybridized carbons (Fsp3) is 0.600. The number of alkyl halides is 1. The van der Waals surface area contributed by atoms with E-state index in [9.17, 15) is 0 Å². The van der Waals surface area contributed by atoms with Crippen LogP contribution in [0.3, 0.4) is 0 Å². The van der Waals surface area contributed by atoms with Crippen molar-refractivity contribution >= 4 is 33.2 Å². The quantitative estimate of drug-likeness (QED) is 0.762. The Morgan fingerprint density at radius 3 is 2.68 bits per heavy atom. The van der Waals surface area contributed by atoms with E-state index < -0.39 is 0 Å². The summed E-state index contributed by atoms with van der Waals surface area (Å²) in [7, 11) is 4.38. The highest BCUT2D eigenvalue weighted by Gasteiger charge is 2.19. The molecule has 1 saturated heterocycles. The molecular formula is C15H22BrClN2. The molecule has 4 heteroatoms. The minimum atomic E-state index is 0.570. The van der Waals surface area contributed by atoms with Crippen LogP contribution in [0.1, 0.15) is 18.4 Å². The Labute approximate surface area is 129 Å². The van der Waals surface area contributed by atoms with Crippen LogP contribution in [0.15, 0.2) is 22.7 Å². The van der Waals surface area contributed by atoms with Gasteiger partial charge < -0.3 is 9.80 Å². The normalized spacial score (nSPS) is 17.7. The smallest absolute Gasteiger partial charge is 0.0494 e. The summed E-state index contributed by atoms with van der Waals surface area (Å²) in [6.45, 7) is 3.56. The Bertz CT molecular complexity index is 417. The maximum Gasteiger partial charge on any atom is 0.0494 e. The van der Waals surface area contributed by atoms with Gasteiger partial charge >= 0.3 is 0 Å². The maximum atomic E-state index is 6.04. The van der Waals surface area contributed by atoms with Gasteiger partial charge in [-0.05, 0) is 56.6 Å². The molecule has 0 spiro atoms. The van der Waals surface area contributed by atoms with Crippen LogP contribution < -0.4 is 4.90 Å². The molecule has 0 bridgehead atoms. The summed E-state index contributed by atoms with van der Waals surface area (Å²) in [5, 5.41) is 0. The van der Waals surface area contributed by atoms with Gasteiger partial charge in [0, 0.05) is 29.6 Å². The summed E-state index contributed by atoms with van der Waals surface area (Å²) in [5.74, 6) is 1.36. The van der Waals surface area contributed by atoms with Gasteiger partial charge in [0.15, 0.2) is 0 Å². The highest BCUT2D eigenvalue weighted by Crippen LogP contribution is 2.27. The summed E-state index contributed by atoms with van der Waals surface area (Å²) in [6, 6.07) is 6.34. The molecule has 106 valence electrons. The lowest BCUT2D eigenvalue weighted by Crippen LogP contribution is -2.35. The lowest BCUT2D eigenvalue weighted by Gasteiger charge is -2.33. The highest BCUT2D eigenvalue weighted by atomic mass is 79.9. The van der Waals surface area contributed by atoms with Crippen molar-refractivity contribution in [3.63, 3.8) is 0 Å². The van der Waals surface area contributed by atoms with Crippen LogP contribution in [-0.2, 0) is 5.88 Å². The van der Waals surface area contributed by atoms with Crippen molar-refractivity contribution < 1.29 is 0 Å². The van der Waals surface area contributed by atoms with Gasteiger partial charge in [-0.15, -0.1) is 11.6 Å². The van der Waals surface area contributed by atoms with Crippen LogP contribution in [-0.4, -0.2) is 38.6 Å². The fourth-order valence-corrected chi connectivity index (χ4v) is 3.31. The number of piperidine rings is 1. The molecular weight excluding hydrogens is 324 g/mol. The van der Waals surface area contributed by atoms with E-state index in [1.54, 1.807) is 0 Å². The highest BCUT2D eigenvalue weighted by molar-refractivity contribution is 9.10. The van der Waals surface area contributed by atoms with Crippen molar-refractivity contribution in [1.29, 1.82) is 0 Å². The Morgan fingerprint density at radius 2 is 2.05 bits per heavy atom. The van der Waals surface area contributed by atoms with E-state index in [1.807, 2.05) is 0 Å². The molecule has 0 saturated carbocycles.